The summed E-state index contributed by atoms with van der Waals surface area (Å²) in [6.07, 6.45) is 0. The van der Waals surface area contributed by atoms with E-state index >= 15 is 0 Å². The van der Waals surface area contributed by atoms with Gasteiger partial charge in [0.1, 0.15) is 0 Å². The fourth-order valence-electron chi connectivity index (χ4n) is 0.250. The molecule has 0 aromatic carbocycles. The van der Waals surface area contributed by atoms with Gasteiger partial charge in [0.15, 0.2) is 0 Å². The number of hydrogen-bond acceptors (Lipinski definition) is 2. The second-order valence-corrected chi connectivity index (χ2v) is 3.46. The Labute approximate surface area is 61.8 Å². The van der Waals surface area contributed by atoms with E-state index in [0.717, 1.165) is 19.8 Å². The third kappa shape index (κ3) is 92.1. The van der Waals surface area contributed by atoms with Crippen LogP contribution in [0.5, 0.6) is 0 Å². The smallest absolute Gasteiger partial charge is 0.322 e. The monoisotopic (exact) mass is 169 g/mol. The Bertz CT molecular complexity index is 90.8. The summed E-state index contributed by atoms with van der Waals surface area (Å²) >= 11 is 0. The van der Waals surface area contributed by atoms with Gasteiger partial charge in [0.2, 0.25) is 0 Å². The highest BCUT2D eigenvalue weighted by Crippen LogP contribution is 2.26. The maximum atomic E-state index is 9.33. The van der Waals surface area contributed by atoms with Gasteiger partial charge in [-0.2, -0.15) is 0 Å². The average molecular weight is 169 g/mol. The zero-order chi connectivity index (χ0) is 8.62. The van der Waals surface area contributed by atoms with Crippen molar-refractivity contribution in [3.63, 3.8) is 0 Å². The maximum Gasteiger partial charge on any atom is 0.322 e. The molecule has 0 amide bonds. The summed E-state index contributed by atoms with van der Waals surface area (Å²) in [4.78, 5) is 15.3. The molecule has 10 heavy (non-hydrogen) atoms. The van der Waals surface area contributed by atoms with Gasteiger partial charge in [-0.3, -0.25) is 4.57 Å². The third-order valence-corrected chi connectivity index (χ3v) is 0.500. The number of rotatable bonds is 2. The first-order valence-corrected chi connectivity index (χ1v) is 5.21. The van der Waals surface area contributed by atoms with Crippen molar-refractivity contribution in [1.29, 1.82) is 0 Å². The highest BCUT2D eigenvalue weighted by atomic mass is 31.2. The lowest BCUT2D eigenvalue weighted by Crippen LogP contribution is -2.09. The largest absolute Gasteiger partial charge is 0.325 e. The second kappa shape index (κ2) is 7.22. The van der Waals surface area contributed by atoms with Gasteiger partial charge in [-0.15, -0.1) is 0 Å². The van der Waals surface area contributed by atoms with Crippen LogP contribution in [0.2, 0.25) is 0 Å². The first-order valence-electron chi connectivity index (χ1n) is 3.15. The standard InChI is InChI=1S/C4H11N.CH5O3P/c1-3-5-4-2;1-5(2,3)4/h5H,3-4H2,1-2H3;1H3,(H2,2,3,4). The highest BCUT2D eigenvalue weighted by molar-refractivity contribution is 7.50. The molecule has 64 valence electrons. The molecule has 0 aromatic rings. The Balaban J connectivity index is 0. The van der Waals surface area contributed by atoms with Crippen molar-refractivity contribution in [3.05, 3.63) is 0 Å². The molecule has 0 unspecified atom stereocenters. The molecule has 5 heteroatoms. The molecule has 0 spiro atoms. The van der Waals surface area contributed by atoms with Crippen LogP contribution in [-0.4, -0.2) is 29.5 Å². The van der Waals surface area contributed by atoms with E-state index in [1.165, 1.54) is 0 Å². The van der Waals surface area contributed by atoms with Crippen LogP contribution in [-0.2, 0) is 4.57 Å². The first-order chi connectivity index (χ1) is 4.41. The van der Waals surface area contributed by atoms with E-state index in [2.05, 4.69) is 19.2 Å². The van der Waals surface area contributed by atoms with Crippen LogP contribution in [0.1, 0.15) is 13.8 Å². The van der Waals surface area contributed by atoms with Crippen LogP contribution in [0, 0.1) is 0 Å². The fraction of sp³-hybridized carbons (Fsp3) is 1.00. The molecule has 0 rings (SSSR count). The number of nitrogens with one attached hydrogen (secondary N) is 1. The van der Waals surface area contributed by atoms with Gasteiger partial charge in [-0.1, -0.05) is 13.8 Å². The lowest BCUT2D eigenvalue weighted by Gasteiger charge is -1.86. The Morgan fingerprint density at radius 3 is 1.50 bits per heavy atom. The SMILES string of the molecule is CCNCC.CP(=O)(O)O. The summed E-state index contributed by atoms with van der Waals surface area (Å²) in [7, 11) is -3.64. The summed E-state index contributed by atoms with van der Waals surface area (Å²) in [6.45, 7) is 7.24. The molecule has 0 aliphatic heterocycles. The van der Waals surface area contributed by atoms with Crippen molar-refractivity contribution < 1.29 is 14.4 Å². The molecule has 4 nitrogen and oxygen atoms in total. The lowest BCUT2D eigenvalue weighted by atomic mass is 10.7. The zero-order valence-electron chi connectivity index (χ0n) is 6.66. The minimum absolute atomic E-state index is 0.854. The van der Waals surface area contributed by atoms with Crippen LogP contribution in [0.4, 0.5) is 0 Å². The Hall–Kier alpha value is 0.110. The van der Waals surface area contributed by atoms with E-state index in [4.69, 9.17) is 9.79 Å². The van der Waals surface area contributed by atoms with E-state index in [0.29, 0.717) is 0 Å². The predicted octanol–water partition coefficient (Wildman–Crippen LogP) is 0.410. The molecule has 0 aliphatic carbocycles. The third-order valence-electron chi connectivity index (χ3n) is 0.500. The highest BCUT2D eigenvalue weighted by Gasteiger charge is 1.95. The quantitative estimate of drug-likeness (QED) is 0.523. The molecule has 0 radical (unpaired) electrons. The zero-order valence-corrected chi connectivity index (χ0v) is 7.56. The Morgan fingerprint density at radius 1 is 1.30 bits per heavy atom. The van der Waals surface area contributed by atoms with Crippen molar-refractivity contribution in [2.45, 2.75) is 13.8 Å². The van der Waals surface area contributed by atoms with Gasteiger partial charge in [-0.05, 0) is 13.1 Å². The van der Waals surface area contributed by atoms with E-state index in [1.807, 2.05) is 0 Å². The van der Waals surface area contributed by atoms with Crippen LogP contribution < -0.4 is 5.32 Å². The number of hydrogen-bond donors (Lipinski definition) is 3. The second-order valence-electron chi connectivity index (χ2n) is 1.79. The molecule has 0 aliphatic rings. The molecule has 0 bridgehead atoms. The van der Waals surface area contributed by atoms with Crippen molar-refractivity contribution in [2.24, 2.45) is 0 Å². The van der Waals surface area contributed by atoms with Crippen molar-refractivity contribution in [2.75, 3.05) is 19.8 Å². The van der Waals surface area contributed by atoms with Crippen molar-refractivity contribution in [1.82, 2.24) is 5.32 Å². The van der Waals surface area contributed by atoms with Crippen molar-refractivity contribution >= 4 is 7.60 Å². The van der Waals surface area contributed by atoms with E-state index in [1.54, 1.807) is 0 Å². The summed E-state index contributed by atoms with van der Waals surface area (Å²) in [5, 5.41) is 3.11. The molecule has 0 atom stereocenters. The normalized spacial score (nSPS) is 10.1. The molecular formula is C5H16NO3P. The lowest BCUT2D eigenvalue weighted by molar-refractivity contribution is 0.381. The van der Waals surface area contributed by atoms with Gasteiger partial charge >= 0.3 is 7.60 Å². The molecule has 0 fully saturated rings. The Kier molecular flexibility index (Phi) is 9.21. The molecular weight excluding hydrogens is 153 g/mol. The molecule has 0 aromatic heterocycles. The topological polar surface area (TPSA) is 69.6 Å². The fourth-order valence-corrected chi connectivity index (χ4v) is 0.250. The molecule has 0 saturated carbocycles. The molecule has 0 saturated heterocycles. The van der Waals surface area contributed by atoms with Gasteiger partial charge in [0, 0.05) is 6.66 Å². The van der Waals surface area contributed by atoms with E-state index < -0.39 is 7.60 Å². The summed E-state index contributed by atoms with van der Waals surface area (Å²) < 4.78 is 9.33. The van der Waals surface area contributed by atoms with Crippen molar-refractivity contribution in [3.8, 4) is 0 Å². The average Bonchev–Trinajstić information content (AvgIpc) is 1.63. The van der Waals surface area contributed by atoms with Crippen LogP contribution in [0.15, 0.2) is 0 Å². The van der Waals surface area contributed by atoms with E-state index in [9.17, 15) is 4.57 Å². The van der Waals surface area contributed by atoms with Gasteiger partial charge in [0.05, 0.1) is 0 Å². The maximum absolute atomic E-state index is 9.33. The first kappa shape index (κ1) is 12.8. The minimum atomic E-state index is -3.64. The minimum Gasteiger partial charge on any atom is -0.325 e. The summed E-state index contributed by atoms with van der Waals surface area (Å²) in [5.74, 6) is 0. The molecule has 0 heterocycles. The predicted molar refractivity (Wildman–Crippen MR) is 42.2 cm³/mol. The van der Waals surface area contributed by atoms with Gasteiger partial charge in [-0.25, -0.2) is 0 Å². The Morgan fingerprint density at radius 2 is 1.50 bits per heavy atom. The van der Waals surface area contributed by atoms with Gasteiger partial charge in [0.25, 0.3) is 0 Å². The van der Waals surface area contributed by atoms with Crippen LogP contribution >= 0.6 is 7.60 Å². The van der Waals surface area contributed by atoms with Crippen LogP contribution in [0.25, 0.3) is 0 Å². The summed E-state index contributed by atoms with van der Waals surface area (Å²) in [5.41, 5.74) is 0. The van der Waals surface area contributed by atoms with Gasteiger partial charge < -0.3 is 15.1 Å². The summed E-state index contributed by atoms with van der Waals surface area (Å²) in [6, 6.07) is 0. The van der Waals surface area contributed by atoms with Crippen LogP contribution in [0.3, 0.4) is 0 Å². The van der Waals surface area contributed by atoms with E-state index in [-0.39, 0.29) is 0 Å². The molecule has 3 N–H and O–H groups in total.